The van der Waals surface area contributed by atoms with Gasteiger partial charge in [0, 0.05) is 15.1 Å². The van der Waals surface area contributed by atoms with E-state index in [0.29, 0.717) is 32.9 Å². The van der Waals surface area contributed by atoms with Gasteiger partial charge in [-0.15, -0.1) is 0 Å². The number of hydrogen-bond acceptors (Lipinski definition) is 3. The molecule has 1 aliphatic rings. The van der Waals surface area contributed by atoms with Crippen molar-refractivity contribution in [1.29, 1.82) is 0 Å². The second-order valence-electron chi connectivity index (χ2n) is 6.92. The molecule has 0 fully saturated rings. The van der Waals surface area contributed by atoms with Crippen LogP contribution in [-0.2, 0) is 9.59 Å². The van der Waals surface area contributed by atoms with E-state index in [4.69, 9.17) is 11.6 Å². The van der Waals surface area contributed by atoms with Crippen molar-refractivity contribution < 1.29 is 9.59 Å². The Morgan fingerprint density at radius 2 is 1.77 bits per heavy atom. The first kappa shape index (κ1) is 20.5. The maximum Gasteiger partial charge on any atom is 0.284 e. The second-order valence-corrected chi connectivity index (χ2v) is 8.21. The van der Waals surface area contributed by atoms with E-state index in [9.17, 15) is 9.59 Å². The number of hydrogen-bond donors (Lipinski definition) is 0. The Bertz CT molecular complexity index is 1160. The van der Waals surface area contributed by atoms with Crippen LogP contribution in [0.25, 0.3) is 0 Å². The van der Waals surface area contributed by atoms with Crippen LogP contribution < -0.4 is 4.90 Å². The maximum atomic E-state index is 13.5. The predicted octanol–water partition coefficient (Wildman–Crippen LogP) is 6.29. The van der Waals surface area contributed by atoms with Gasteiger partial charge in [0.05, 0.1) is 17.3 Å². The lowest BCUT2D eigenvalue weighted by Gasteiger charge is -2.21. The van der Waals surface area contributed by atoms with E-state index in [1.807, 2.05) is 55.5 Å². The topological polar surface area (TPSA) is 49.7 Å². The fourth-order valence-electron chi connectivity index (χ4n) is 3.61. The molecule has 6 heteroatoms. The molecule has 0 aromatic heterocycles. The number of imide groups is 1. The zero-order chi connectivity index (χ0) is 21.3. The Labute approximate surface area is 188 Å². The average Bonchev–Trinajstić information content (AvgIpc) is 3.02. The number of rotatable bonds is 4. The van der Waals surface area contributed by atoms with E-state index >= 15 is 0 Å². The Kier molecular flexibility index (Phi) is 5.84. The molecular formula is C24H18BrClN2O2. The van der Waals surface area contributed by atoms with Gasteiger partial charge < -0.3 is 0 Å². The number of halogens is 2. The number of aliphatic imine (C=N–C) groups is 1. The van der Waals surface area contributed by atoms with Gasteiger partial charge in [-0.1, -0.05) is 67.1 Å². The normalized spacial score (nSPS) is 15.4. The van der Waals surface area contributed by atoms with Crippen LogP contribution in [0.15, 0.2) is 82.3 Å². The first-order valence-corrected chi connectivity index (χ1v) is 10.7. The van der Waals surface area contributed by atoms with Crippen LogP contribution in [0.4, 0.5) is 11.4 Å². The van der Waals surface area contributed by atoms with Gasteiger partial charge in [-0.2, -0.15) is 0 Å². The highest BCUT2D eigenvalue weighted by molar-refractivity contribution is 9.10. The molecule has 0 bridgehead atoms. The zero-order valence-corrected chi connectivity index (χ0v) is 18.5. The van der Waals surface area contributed by atoms with Crippen LogP contribution in [0.5, 0.6) is 0 Å². The summed E-state index contributed by atoms with van der Waals surface area (Å²) < 4.78 is 0.674. The summed E-state index contributed by atoms with van der Waals surface area (Å²) in [5.74, 6) is -1.08. The average molecular weight is 482 g/mol. The van der Waals surface area contributed by atoms with Gasteiger partial charge in [-0.3, -0.25) is 9.59 Å². The van der Waals surface area contributed by atoms with E-state index in [0.717, 1.165) is 5.56 Å². The molecule has 150 valence electrons. The third kappa shape index (κ3) is 3.71. The molecule has 4 rings (SSSR count). The second kappa shape index (κ2) is 8.54. The zero-order valence-electron chi connectivity index (χ0n) is 16.2. The molecule has 3 aromatic rings. The number of anilines is 1. The highest BCUT2D eigenvalue weighted by Gasteiger charge is 2.40. The lowest BCUT2D eigenvalue weighted by Crippen LogP contribution is -2.39. The number of carbonyl (C=O) groups excluding carboxylic acids is 2. The number of carbonyl (C=O) groups is 2. The van der Waals surface area contributed by atoms with E-state index in [1.165, 1.54) is 4.90 Å². The maximum absolute atomic E-state index is 13.5. The van der Waals surface area contributed by atoms with Gasteiger partial charge in [0.15, 0.2) is 0 Å². The van der Waals surface area contributed by atoms with Crippen molar-refractivity contribution in [3.05, 3.63) is 93.4 Å². The van der Waals surface area contributed by atoms with Gasteiger partial charge >= 0.3 is 0 Å². The Morgan fingerprint density at radius 1 is 1.07 bits per heavy atom. The van der Waals surface area contributed by atoms with Crippen LogP contribution in [0.3, 0.4) is 0 Å². The summed E-state index contributed by atoms with van der Waals surface area (Å²) in [6.45, 7) is 1.95. The van der Waals surface area contributed by atoms with E-state index < -0.39 is 11.8 Å². The Balaban J connectivity index is 1.78. The minimum atomic E-state index is -0.419. The van der Waals surface area contributed by atoms with Crippen molar-refractivity contribution in [2.24, 2.45) is 4.99 Å². The van der Waals surface area contributed by atoms with E-state index in [2.05, 4.69) is 20.9 Å². The summed E-state index contributed by atoms with van der Waals surface area (Å²) in [5, 5.41) is 0.564. The highest BCUT2D eigenvalue weighted by atomic mass is 79.9. The number of nitrogens with zero attached hydrogens (tertiary/aromatic N) is 2. The lowest BCUT2D eigenvalue weighted by molar-refractivity contribution is -0.124. The van der Waals surface area contributed by atoms with Crippen LogP contribution in [0.2, 0.25) is 5.02 Å². The minimum Gasteiger partial charge on any atom is -0.273 e. The van der Waals surface area contributed by atoms with Crippen LogP contribution in [0, 0.1) is 0 Å². The van der Waals surface area contributed by atoms with Gasteiger partial charge in [-0.25, -0.2) is 9.89 Å². The molecule has 0 aliphatic carbocycles. The monoisotopic (exact) mass is 480 g/mol. The number of amides is 2. The third-order valence-electron chi connectivity index (χ3n) is 5.08. The number of benzene rings is 3. The van der Waals surface area contributed by atoms with Crippen LogP contribution >= 0.6 is 27.5 Å². The van der Waals surface area contributed by atoms with Crippen molar-refractivity contribution in [3.63, 3.8) is 0 Å². The summed E-state index contributed by atoms with van der Waals surface area (Å²) in [5.41, 5.74) is 2.90. The SMILES string of the molecule is CCC(C(=O)N1C(=O)C(=Nc2ccc(Cl)cc2Br)c2ccccc21)c1ccccc1. The molecule has 2 amide bonds. The number of fused-ring (bicyclic) bond motifs is 1. The van der Waals surface area contributed by atoms with Gasteiger partial charge in [0.2, 0.25) is 5.91 Å². The fourth-order valence-corrected chi connectivity index (χ4v) is 4.38. The van der Waals surface area contributed by atoms with Gasteiger partial charge in [0.25, 0.3) is 5.91 Å². The quantitative estimate of drug-likeness (QED) is 0.440. The van der Waals surface area contributed by atoms with Crippen LogP contribution in [-0.4, -0.2) is 17.5 Å². The molecule has 3 aromatic carbocycles. The fraction of sp³-hybridized carbons (Fsp3) is 0.125. The van der Waals surface area contributed by atoms with Crippen molar-refractivity contribution in [3.8, 4) is 0 Å². The van der Waals surface area contributed by atoms with Crippen molar-refractivity contribution in [2.75, 3.05) is 4.90 Å². The van der Waals surface area contributed by atoms with E-state index in [-0.39, 0.29) is 11.6 Å². The van der Waals surface area contributed by atoms with Gasteiger partial charge in [-0.05, 0) is 52.2 Å². The smallest absolute Gasteiger partial charge is 0.273 e. The third-order valence-corrected chi connectivity index (χ3v) is 5.95. The first-order chi connectivity index (χ1) is 14.5. The summed E-state index contributed by atoms with van der Waals surface area (Å²) in [4.78, 5) is 32.7. The minimum absolute atomic E-state index is 0.241. The molecule has 30 heavy (non-hydrogen) atoms. The van der Waals surface area contributed by atoms with Crippen molar-refractivity contribution >= 4 is 56.4 Å². The molecule has 0 saturated heterocycles. The summed E-state index contributed by atoms with van der Waals surface area (Å²) in [6, 6.07) is 21.9. The molecule has 4 nitrogen and oxygen atoms in total. The summed E-state index contributed by atoms with van der Waals surface area (Å²) >= 11 is 9.46. The molecule has 1 unspecified atom stereocenters. The molecular weight excluding hydrogens is 464 g/mol. The molecule has 0 saturated carbocycles. The molecule has 1 heterocycles. The standard InChI is InChI=1S/C24H18BrClN2O2/c1-2-17(15-8-4-3-5-9-15)23(29)28-21-11-7-6-10-18(21)22(24(28)30)27-20-13-12-16(26)14-19(20)25/h3-14,17H,2H2,1H3. The van der Waals surface area contributed by atoms with Crippen molar-refractivity contribution in [2.45, 2.75) is 19.3 Å². The lowest BCUT2D eigenvalue weighted by atomic mass is 9.95. The molecule has 0 N–H and O–H groups in total. The number of para-hydroxylation sites is 1. The Morgan fingerprint density at radius 3 is 2.47 bits per heavy atom. The largest absolute Gasteiger partial charge is 0.284 e. The Hall–Kier alpha value is -2.76. The first-order valence-electron chi connectivity index (χ1n) is 9.57. The van der Waals surface area contributed by atoms with E-state index in [1.54, 1.807) is 24.3 Å². The molecule has 0 radical (unpaired) electrons. The highest BCUT2D eigenvalue weighted by Crippen LogP contribution is 2.36. The predicted molar refractivity (Wildman–Crippen MR) is 124 cm³/mol. The molecule has 1 aliphatic heterocycles. The summed E-state index contributed by atoms with van der Waals surface area (Å²) in [6.07, 6.45) is 0.587. The van der Waals surface area contributed by atoms with Crippen LogP contribution in [0.1, 0.15) is 30.4 Å². The van der Waals surface area contributed by atoms with Gasteiger partial charge in [0.1, 0.15) is 5.71 Å². The molecule has 1 atom stereocenters. The summed E-state index contributed by atoms with van der Waals surface area (Å²) in [7, 11) is 0. The molecule has 0 spiro atoms. The van der Waals surface area contributed by atoms with Crippen molar-refractivity contribution in [1.82, 2.24) is 0 Å².